The van der Waals surface area contributed by atoms with Crippen molar-refractivity contribution >= 4 is 10.8 Å². The van der Waals surface area contributed by atoms with E-state index in [0.29, 0.717) is 36.2 Å². The molecule has 0 fully saturated rings. The zero-order valence-corrected chi connectivity index (χ0v) is 15.1. The number of H-pyrrole nitrogens is 1. The average Bonchev–Trinajstić information content (AvgIpc) is 2.68. The van der Waals surface area contributed by atoms with E-state index in [2.05, 4.69) is 15.0 Å². The van der Waals surface area contributed by atoms with Crippen molar-refractivity contribution in [2.45, 2.75) is 31.5 Å². The number of aromatic amines is 1. The number of hydrogen-bond acceptors (Lipinski definition) is 5. The van der Waals surface area contributed by atoms with Gasteiger partial charge in [-0.2, -0.15) is 13.2 Å². The number of rotatable bonds is 6. The minimum atomic E-state index is -4.61. The predicted molar refractivity (Wildman–Crippen MR) is 98.6 cm³/mol. The molecule has 6 nitrogen and oxygen atoms in total. The molecule has 2 aromatic heterocycles. The van der Waals surface area contributed by atoms with Gasteiger partial charge in [0.05, 0.1) is 23.1 Å². The van der Waals surface area contributed by atoms with Crippen LogP contribution in [-0.2, 0) is 12.6 Å². The lowest BCUT2D eigenvalue weighted by Crippen LogP contribution is -2.24. The van der Waals surface area contributed by atoms with Crippen LogP contribution in [0.15, 0.2) is 35.5 Å². The van der Waals surface area contributed by atoms with Crippen molar-refractivity contribution in [3.8, 4) is 11.4 Å². The van der Waals surface area contributed by atoms with E-state index in [1.165, 1.54) is 6.20 Å². The molecular formula is C19H18F4N4O2. The van der Waals surface area contributed by atoms with E-state index in [1.54, 1.807) is 6.07 Å². The van der Waals surface area contributed by atoms with E-state index in [-0.39, 0.29) is 29.8 Å². The maximum atomic E-state index is 14.9. The number of hydrogen-bond donors (Lipinski definition) is 3. The Morgan fingerprint density at radius 1 is 1.21 bits per heavy atom. The van der Waals surface area contributed by atoms with Crippen LogP contribution in [-0.4, -0.2) is 32.7 Å². The van der Waals surface area contributed by atoms with Crippen LogP contribution in [0.5, 0.6) is 0 Å². The smallest absolute Gasteiger partial charge is 0.395 e. The summed E-state index contributed by atoms with van der Waals surface area (Å²) in [7, 11) is 0. The number of aliphatic hydroxyl groups excluding tert-OH is 1. The SMILES string of the molecule is N[C@@H](CO)CCCc1c(-c2ncc(C(F)(F)F)cn2)c(F)cc2c(=O)[nH]ccc12. The van der Waals surface area contributed by atoms with Crippen LogP contribution in [0.25, 0.3) is 22.2 Å². The molecule has 10 heteroatoms. The Kier molecular flexibility index (Phi) is 5.94. The highest BCUT2D eigenvalue weighted by Gasteiger charge is 2.31. The van der Waals surface area contributed by atoms with Gasteiger partial charge in [-0.15, -0.1) is 0 Å². The molecule has 1 aromatic carbocycles. The Balaban J connectivity index is 2.13. The summed E-state index contributed by atoms with van der Waals surface area (Å²) in [6.45, 7) is -0.210. The molecule has 0 saturated heterocycles. The molecule has 1 atom stereocenters. The average molecular weight is 410 g/mol. The summed E-state index contributed by atoms with van der Waals surface area (Å²) in [5.41, 5.74) is 4.50. The first-order valence-electron chi connectivity index (χ1n) is 8.81. The van der Waals surface area contributed by atoms with Gasteiger partial charge in [-0.05, 0) is 42.3 Å². The highest BCUT2D eigenvalue weighted by atomic mass is 19.4. The summed E-state index contributed by atoms with van der Waals surface area (Å²) in [6, 6.07) is 2.16. The molecular weight excluding hydrogens is 392 g/mol. The Morgan fingerprint density at radius 3 is 2.52 bits per heavy atom. The first kappa shape index (κ1) is 20.9. The van der Waals surface area contributed by atoms with E-state index in [0.717, 1.165) is 6.07 Å². The fourth-order valence-corrected chi connectivity index (χ4v) is 3.11. The lowest BCUT2D eigenvalue weighted by molar-refractivity contribution is -0.138. The number of aryl methyl sites for hydroxylation is 1. The van der Waals surface area contributed by atoms with Gasteiger partial charge < -0.3 is 15.8 Å². The van der Waals surface area contributed by atoms with Crippen LogP contribution >= 0.6 is 0 Å². The number of fused-ring (bicyclic) bond motifs is 1. The van der Waals surface area contributed by atoms with Crippen molar-refractivity contribution in [1.82, 2.24) is 15.0 Å². The molecule has 154 valence electrons. The van der Waals surface area contributed by atoms with Gasteiger partial charge in [0.2, 0.25) is 0 Å². The Labute approximate surface area is 162 Å². The Hall–Kier alpha value is -2.85. The third kappa shape index (κ3) is 4.43. The second-order valence-corrected chi connectivity index (χ2v) is 6.61. The number of aliphatic hydroxyl groups is 1. The van der Waals surface area contributed by atoms with Crippen LogP contribution < -0.4 is 11.3 Å². The Morgan fingerprint density at radius 2 is 1.90 bits per heavy atom. The third-order valence-electron chi connectivity index (χ3n) is 4.57. The van der Waals surface area contributed by atoms with Gasteiger partial charge in [-0.25, -0.2) is 14.4 Å². The van der Waals surface area contributed by atoms with Gasteiger partial charge in [0, 0.05) is 24.6 Å². The molecule has 3 rings (SSSR count). The van der Waals surface area contributed by atoms with Crippen LogP contribution in [0.4, 0.5) is 17.6 Å². The number of halogens is 4. The molecule has 0 spiro atoms. The summed E-state index contributed by atoms with van der Waals surface area (Å²) in [5.74, 6) is -1.02. The van der Waals surface area contributed by atoms with Crippen LogP contribution in [0.1, 0.15) is 24.0 Å². The van der Waals surface area contributed by atoms with Gasteiger partial charge >= 0.3 is 6.18 Å². The fraction of sp³-hybridized carbons (Fsp3) is 0.316. The summed E-state index contributed by atoms with van der Waals surface area (Å²) in [5, 5.41) is 9.63. The minimum absolute atomic E-state index is 0.0607. The van der Waals surface area contributed by atoms with Crippen molar-refractivity contribution in [2.75, 3.05) is 6.61 Å². The monoisotopic (exact) mass is 410 g/mol. The fourth-order valence-electron chi connectivity index (χ4n) is 3.11. The van der Waals surface area contributed by atoms with Crippen molar-refractivity contribution in [2.24, 2.45) is 5.73 Å². The van der Waals surface area contributed by atoms with Gasteiger partial charge in [0.25, 0.3) is 5.56 Å². The van der Waals surface area contributed by atoms with Crippen molar-refractivity contribution in [3.63, 3.8) is 0 Å². The van der Waals surface area contributed by atoms with E-state index >= 15 is 0 Å². The van der Waals surface area contributed by atoms with E-state index < -0.39 is 29.2 Å². The van der Waals surface area contributed by atoms with Gasteiger partial charge in [0.15, 0.2) is 5.82 Å². The third-order valence-corrected chi connectivity index (χ3v) is 4.57. The summed E-state index contributed by atoms with van der Waals surface area (Å²) < 4.78 is 53.3. The minimum Gasteiger partial charge on any atom is -0.395 e. The predicted octanol–water partition coefficient (Wildman–Crippen LogP) is 2.79. The molecule has 0 aliphatic heterocycles. The number of nitrogens with two attached hydrogens (primary N) is 1. The maximum absolute atomic E-state index is 14.9. The van der Waals surface area contributed by atoms with Crippen molar-refractivity contribution in [3.05, 3.63) is 58.0 Å². The van der Waals surface area contributed by atoms with Gasteiger partial charge in [0.1, 0.15) is 5.82 Å². The molecule has 2 heterocycles. The van der Waals surface area contributed by atoms with E-state index in [9.17, 15) is 22.4 Å². The van der Waals surface area contributed by atoms with E-state index in [1.807, 2.05) is 0 Å². The molecule has 0 unspecified atom stereocenters. The zero-order valence-electron chi connectivity index (χ0n) is 15.1. The molecule has 0 aliphatic rings. The van der Waals surface area contributed by atoms with Crippen molar-refractivity contribution in [1.29, 1.82) is 0 Å². The summed E-state index contributed by atoms with van der Waals surface area (Å²) >= 11 is 0. The Bertz CT molecular complexity index is 1060. The number of nitrogens with one attached hydrogen (secondary N) is 1. The lowest BCUT2D eigenvalue weighted by atomic mass is 9.94. The molecule has 3 aromatic rings. The molecule has 29 heavy (non-hydrogen) atoms. The highest BCUT2D eigenvalue weighted by Crippen LogP contribution is 2.33. The normalized spacial score (nSPS) is 13.0. The molecule has 0 amide bonds. The lowest BCUT2D eigenvalue weighted by Gasteiger charge is -2.15. The molecule has 0 aliphatic carbocycles. The number of alkyl halides is 3. The molecule has 0 saturated carbocycles. The second-order valence-electron chi connectivity index (χ2n) is 6.61. The van der Waals surface area contributed by atoms with Gasteiger partial charge in [-0.1, -0.05) is 0 Å². The maximum Gasteiger partial charge on any atom is 0.419 e. The van der Waals surface area contributed by atoms with Crippen molar-refractivity contribution < 1.29 is 22.7 Å². The quantitative estimate of drug-likeness (QED) is 0.542. The zero-order chi connectivity index (χ0) is 21.2. The van der Waals surface area contributed by atoms with Crippen LogP contribution in [0.3, 0.4) is 0 Å². The molecule has 4 N–H and O–H groups in total. The molecule has 0 radical (unpaired) electrons. The largest absolute Gasteiger partial charge is 0.419 e. The number of nitrogens with zero attached hydrogens (tertiary/aromatic N) is 2. The van der Waals surface area contributed by atoms with E-state index in [4.69, 9.17) is 10.8 Å². The number of pyridine rings is 1. The summed E-state index contributed by atoms with van der Waals surface area (Å²) in [4.78, 5) is 22.0. The van der Waals surface area contributed by atoms with Crippen LogP contribution in [0.2, 0.25) is 0 Å². The summed E-state index contributed by atoms with van der Waals surface area (Å²) in [6.07, 6.45) is -0.860. The number of aromatic nitrogens is 3. The second kappa shape index (κ2) is 8.26. The van der Waals surface area contributed by atoms with Gasteiger partial charge in [-0.3, -0.25) is 4.79 Å². The first-order valence-corrected chi connectivity index (χ1v) is 8.81. The standard InChI is InChI=1S/C19H18F4N4O2/c20-15-6-14-12(4-5-25-18(14)29)13(3-1-2-11(24)9-28)16(15)17-26-7-10(8-27-17)19(21,22)23/h4-8,11,28H,1-3,9,24H2,(H,25,29)/t11-/m1/s1. The first-order chi connectivity index (χ1) is 13.7. The topological polar surface area (TPSA) is 105 Å². The number of benzene rings is 1. The van der Waals surface area contributed by atoms with Crippen LogP contribution in [0, 0.1) is 5.82 Å². The molecule has 0 bridgehead atoms. The highest BCUT2D eigenvalue weighted by molar-refractivity contribution is 5.90.